The number of benzene rings is 1. The van der Waals surface area contributed by atoms with E-state index in [4.69, 9.17) is 9.15 Å². The van der Waals surface area contributed by atoms with Gasteiger partial charge in [-0.05, 0) is 56.9 Å². The molecule has 1 aliphatic rings. The maximum absolute atomic E-state index is 12.8. The summed E-state index contributed by atoms with van der Waals surface area (Å²) in [6.45, 7) is 7.30. The first-order chi connectivity index (χ1) is 13.0. The van der Waals surface area contributed by atoms with Crippen LogP contribution in [0.4, 0.5) is 0 Å². The van der Waals surface area contributed by atoms with Gasteiger partial charge in [0.15, 0.2) is 10.9 Å². The lowest BCUT2D eigenvalue weighted by atomic mass is 9.98. The van der Waals surface area contributed by atoms with Gasteiger partial charge in [0.2, 0.25) is 0 Å². The lowest BCUT2D eigenvalue weighted by Gasteiger charge is -2.30. The van der Waals surface area contributed by atoms with Crippen LogP contribution in [0.5, 0.6) is 0 Å². The second-order valence-corrected chi connectivity index (χ2v) is 7.80. The number of piperidine rings is 1. The number of rotatable bonds is 5. The van der Waals surface area contributed by atoms with Gasteiger partial charge >= 0.3 is 5.97 Å². The standard InChI is InChI=1S/C21H25NO4S/c1-4-25-21(24)16-9-6-12-22(13-16)20(23)17-10-11-18(26-17)27-19-14(2)7-5-8-15(19)3/h5,7-8,10-11,16H,4,6,9,12-13H2,1-3H3. The Morgan fingerprint density at radius 2 is 1.96 bits per heavy atom. The van der Waals surface area contributed by atoms with Gasteiger partial charge in [-0.15, -0.1) is 0 Å². The molecule has 1 atom stereocenters. The van der Waals surface area contributed by atoms with Crippen molar-refractivity contribution in [3.8, 4) is 0 Å². The SMILES string of the molecule is CCOC(=O)C1CCCN(C(=O)c2ccc(Sc3c(C)cccc3C)o2)C1. The van der Waals surface area contributed by atoms with Gasteiger partial charge in [0.1, 0.15) is 0 Å². The predicted octanol–water partition coefficient (Wildman–Crippen LogP) is 4.46. The Hall–Kier alpha value is -2.21. The van der Waals surface area contributed by atoms with Gasteiger partial charge in [-0.1, -0.05) is 30.0 Å². The molecule has 0 aliphatic carbocycles. The van der Waals surface area contributed by atoms with Gasteiger partial charge in [0, 0.05) is 18.0 Å². The van der Waals surface area contributed by atoms with Crippen LogP contribution in [0.3, 0.4) is 0 Å². The number of hydrogen-bond acceptors (Lipinski definition) is 5. The fourth-order valence-electron chi connectivity index (χ4n) is 3.32. The number of furan rings is 1. The van der Waals surface area contributed by atoms with Crippen molar-refractivity contribution in [3.05, 3.63) is 47.2 Å². The number of likely N-dealkylation sites (tertiary alicyclic amines) is 1. The zero-order valence-electron chi connectivity index (χ0n) is 16.0. The minimum Gasteiger partial charge on any atom is -0.466 e. The van der Waals surface area contributed by atoms with Crippen molar-refractivity contribution in [2.24, 2.45) is 5.92 Å². The van der Waals surface area contributed by atoms with Crippen LogP contribution >= 0.6 is 11.8 Å². The van der Waals surface area contributed by atoms with Gasteiger partial charge in [-0.2, -0.15) is 0 Å². The molecule has 0 saturated carbocycles. The van der Waals surface area contributed by atoms with Crippen LogP contribution in [0.2, 0.25) is 0 Å². The van der Waals surface area contributed by atoms with Crippen molar-refractivity contribution in [1.29, 1.82) is 0 Å². The molecular formula is C21H25NO4S. The van der Waals surface area contributed by atoms with Crippen LogP contribution in [-0.4, -0.2) is 36.5 Å². The summed E-state index contributed by atoms with van der Waals surface area (Å²) < 4.78 is 10.9. The van der Waals surface area contributed by atoms with Crippen molar-refractivity contribution < 1.29 is 18.7 Å². The monoisotopic (exact) mass is 387 g/mol. The molecule has 0 bridgehead atoms. The molecule has 1 amide bonds. The zero-order valence-corrected chi connectivity index (χ0v) is 16.8. The van der Waals surface area contributed by atoms with E-state index in [1.807, 2.05) is 12.1 Å². The van der Waals surface area contributed by atoms with Crippen LogP contribution in [0.1, 0.15) is 41.4 Å². The molecule has 2 aromatic rings. The maximum Gasteiger partial charge on any atom is 0.310 e. The van der Waals surface area contributed by atoms with Crippen LogP contribution in [0, 0.1) is 19.8 Å². The lowest BCUT2D eigenvalue weighted by Crippen LogP contribution is -2.42. The van der Waals surface area contributed by atoms with E-state index in [1.165, 1.54) is 22.9 Å². The topological polar surface area (TPSA) is 59.8 Å². The molecular weight excluding hydrogens is 362 g/mol. The molecule has 6 heteroatoms. The van der Waals surface area contributed by atoms with Gasteiger partial charge in [-0.25, -0.2) is 0 Å². The highest BCUT2D eigenvalue weighted by Crippen LogP contribution is 2.34. The third-order valence-electron chi connectivity index (χ3n) is 4.73. The van der Waals surface area contributed by atoms with Crippen molar-refractivity contribution in [1.82, 2.24) is 4.90 Å². The second-order valence-electron chi connectivity index (χ2n) is 6.78. The van der Waals surface area contributed by atoms with E-state index in [0.29, 0.717) is 30.5 Å². The molecule has 1 aliphatic heterocycles. The van der Waals surface area contributed by atoms with E-state index in [-0.39, 0.29) is 17.8 Å². The Bertz CT molecular complexity index is 809. The Labute approximate surface area is 164 Å². The summed E-state index contributed by atoms with van der Waals surface area (Å²) in [6.07, 6.45) is 1.55. The summed E-state index contributed by atoms with van der Waals surface area (Å²) in [6, 6.07) is 9.70. The Kier molecular flexibility index (Phi) is 6.26. The summed E-state index contributed by atoms with van der Waals surface area (Å²) in [5, 5.41) is 0.690. The van der Waals surface area contributed by atoms with Gasteiger partial charge in [-0.3, -0.25) is 9.59 Å². The molecule has 0 spiro atoms. The number of carbonyl (C=O) groups excluding carboxylic acids is 2. The van der Waals surface area contributed by atoms with E-state index in [2.05, 4.69) is 26.0 Å². The highest BCUT2D eigenvalue weighted by atomic mass is 32.2. The Morgan fingerprint density at radius 1 is 1.22 bits per heavy atom. The summed E-state index contributed by atoms with van der Waals surface area (Å²) in [5.41, 5.74) is 2.36. The number of carbonyl (C=O) groups is 2. The number of nitrogens with zero attached hydrogens (tertiary/aromatic N) is 1. The quantitative estimate of drug-likeness (QED) is 0.709. The molecule has 1 saturated heterocycles. The lowest BCUT2D eigenvalue weighted by molar-refractivity contribution is -0.149. The van der Waals surface area contributed by atoms with E-state index >= 15 is 0 Å². The first kappa shape index (κ1) is 19.5. The van der Waals surface area contributed by atoms with Gasteiger partial charge < -0.3 is 14.1 Å². The van der Waals surface area contributed by atoms with Crippen LogP contribution in [0.15, 0.2) is 44.7 Å². The average molecular weight is 388 g/mol. The highest BCUT2D eigenvalue weighted by Gasteiger charge is 2.31. The molecule has 0 N–H and O–H groups in total. The normalized spacial score (nSPS) is 17.0. The number of hydrogen-bond donors (Lipinski definition) is 0. The molecule has 1 aromatic heterocycles. The molecule has 5 nitrogen and oxygen atoms in total. The summed E-state index contributed by atoms with van der Waals surface area (Å²) >= 11 is 1.53. The number of aryl methyl sites for hydroxylation is 2. The van der Waals surface area contributed by atoms with Gasteiger partial charge in [0.25, 0.3) is 5.91 Å². The predicted molar refractivity (Wildman–Crippen MR) is 104 cm³/mol. The Balaban J connectivity index is 1.68. The van der Waals surface area contributed by atoms with Crippen molar-refractivity contribution in [3.63, 3.8) is 0 Å². The van der Waals surface area contributed by atoms with Crippen molar-refractivity contribution >= 4 is 23.6 Å². The van der Waals surface area contributed by atoms with E-state index in [1.54, 1.807) is 17.9 Å². The van der Waals surface area contributed by atoms with E-state index in [0.717, 1.165) is 17.7 Å². The molecule has 144 valence electrons. The molecule has 3 rings (SSSR count). The minimum absolute atomic E-state index is 0.169. The number of amides is 1. The molecule has 1 fully saturated rings. The number of ether oxygens (including phenoxy) is 1. The summed E-state index contributed by atoms with van der Waals surface area (Å²) in [7, 11) is 0. The molecule has 27 heavy (non-hydrogen) atoms. The molecule has 1 unspecified atom stereocenters. The average Bonchev–Trinajstić information content (AvgIpc) is 3.13. The number of esters is 1. The third-order valence-corrected chi connectivity index (χ3v) is 6.00. The van der Waals surface area contributed by atoms with Crippen molar-refractivity contribution in [2.75, 3.05) is 19.7 Å². The van der Waals surface area contributed by atoms with Crippen LogP contribution in [-0.2, 0) is 9.53 Å². The van der Waals surface area contributed by atoms with Gasteiger partial charge in [0.05, 0.1) is 12.5 Å². The first-order valence-electron chi connectivity index (χ1n) is 9.29. The van der Waals surface area contributed by atoms with Crippen LogP contribution < -0.4 is 0 Å². The molecule has 0 radical (unpaired) electrons. The summed E-state index contributed by atoms with van der Waals surface area (Å²) in [4.78, 5) is 27.6. The first-order valence-corrected chi connectivity index (χ1v) is 10.1. The zero-order chi connectivity index (χ0) is 19.4. The maximum atomic E-state index is 12.8. The van der Waals surface area contributed by atoms with E-state index in [9.17, 15) is 9.59 Å². The fourth-order valence-corrected chi connectivity index (χ4v) is 4.25. The smallest absolute Gasteiger partial charge is 0.310 e. The minimum atomic E-state index is -0.249. The summed E-state index contributed by atoms with van der Waals surface area (Å²) in [5.74, 6) is -0.326. The Morgan fingerprint density at radius 3 is 2.67 bits per heavy atom. The van der Waals surface area contributed by atoms with Crippen molar-refractivity contribution in [2.45, 2.75) is 43.6 Å². The third kappa shape index (κ3) is 4.56. The largest absolute Gasteiger partial charge is 0.466 e. The molecule has 2 heterocycles. The highest BCUT2D eigenvalue weighted by molar-refractivity contribution is 7.99. The van der Waals surface area contributed by atoms with E-state index < -0.39 is 0 Å². The fraction of sp³-hybridized carbons (Fsp3) is 0.429. The second kappa shape index (κ2) is 8.65. The van der Waals surface area contributed by atoms with Crippen LogP contribution in [0.25, 0.3) is 0 Å². The molecule has 1 aromatic carbocycles.